The number of rotatable bonds is 10. The summed E-state index contributed by atoms with van der Waals surface area (Å²) in [5.74, 6) is 0.921. The van der Waals surface area contributed by atoms with Crippen LogP contribution in [0.25, 0.3) is 0 Å². The van der Waals surface area contributed by atoms with E-state index in [1.54, 1.807) is 12.1 Å². The summed E-state index contributed by atoms with van der Waals surface area (Å²) >= 11 is 0. The molecule has 0 amide bonds. The van der Waals surface area contributed by atoms with Crippen LogP contribution in [-0.2, 0) is 25.7 Å². The van der Waals surface area contributed by atoms with Crippen LogP contribution < -0.4 is 9.80 Å². The average molecular weight is 457 g/mol. The number of phenolic OH excluding ortho intramolecular Hbond substituents is 1. The first kappa shape index (κ1) is 25.4. The number of likely N-dealkylation sites (N-methyl/N-ethyl adjacent to an activating group) is 1. The molecule has 0 spiro atoms. The lowest BCUT2D eigenvalue weighted by Gasteiger charge is -2.25. The van der Waals surface area contributed by atoms with Crippen molar-refractivity contribution in [1.29, 1.82) is 0 Å². The Hall–Kier alpha value is -3.20. The Labute approximate surface area is 206 Å². The van der Waals surface area contributed by atoms with Crippen molar-refractivity contribution in [3.63, 3.8) is 0 Å². The van der Waals surface area contributed by atoms with E-state index in [0.717, 1.165) is 37.1 Å². The fourth-order valence-electron chi connectivity index (χ4n) is 4.41. The van der Waals surface area contributed by atoms with Crippen LogP contribution in [0.3, 0.4) is 0 Å². The van der Waals surface area contributed by atoms with Crippen molar-refractivity contribution in [3.05, 3.63) is 101 Å². The van der Waals surface area contributed by atoms with Gasteiger partial charge in [-0.05, 0) is 89.4 Å². The fourth-order valence-corrected chi connectivity index (χ4v) is 4.41. The molecular weight excluding hydrogens is 416 g/mol. The van der Waals surface area contributed by atoms with Gasteiger partial charge in [0.1, 0.15) is 5.75 Å². The van der Waals surface area contributed by atoms with Crippen LogP contribution in [-0.4, -0.2) is 26.2 Å². The van der Waals surface area contributed by atoms with Crippen LogP contribution >= 0.6 is 0 Å². The average Bonchev–Trinajstić information content (AvgIpc) is 2.81. The molecule has 0 fully saturated rings. The number of hydrogen-bond donors (Lipinski definition) is 1. The molecule has 0 heterocycles. The predicted octanol–water partition coefficient (Wildman–Crippen LogP) is 7.00. The fraction of sp³-hybridized carbons (Fsp3) is 0.355. The summed E-state index contributed by atoms with van der Waals surface area (Å²) in [5, 5.41) is 9.70. The van der Waals surface area contributed by atoms with Crippen LogP contribution in [0.1, 0.15) is 48.6 Å². The highest BCUT2D eigenvalue weighted by Crippen LogP contribution is 2.28. The zero-order chi connectivity index (χ0) is 24.8. The molecule has 0 bridgehead atoms. The normalized spacial score (nSPS) is 11.0. The number of nitrogens with zero attached hydrogens (tertiary/aromatic N) is 2. The van der Waals surface area contributed by atoms with Crippen molar-refractivity contribution in [3.8, 4) is 5.75 Å². The highest BCUT2D eigenvalue weighted by Gasteiger charge is 2.14. The number of phenols is 1. The molecule has 0 aliphatic heterocycles. The molecule has 0 saturated heterocycles. The Morgan fingerprint density at radius 1 is 0.824 bits per heavy atom. The van der Waals surface area contributed by atoms with E-state index in [0.29, 0.717) is 11.7 Å². The molecule has 3 aromatic carbocycles. The summed E-state index contributed by atoms with van der Waals surface area (Å²) in [4.78, 5) is 4.30. The van der Waals surface area contributed by atoms with Crippen molar-refractivity contribution >= 4 is 11.4 Å². The first-order valence-corrected chi connectivity index (χ1v) is 12.3. The number of aromatic hydroxyl groups is 1. The maximum atomic E-state index is 9.70. The Kier molecular flexibility index (Phi) is 8.44. The van der Waals surface area contributed by atoms with E-state index >= 15 is 0 Å². The first-order valence-electron chi connectivity index (χ1n) is 12.3. The summed E-state index contributed by atoms with van der Waals surface area (Å²) in [7, 11) is 6.21. The lowest BCUT2D eigenvalue weighted by molar-refractivity contribution is 0.475. The van der Waals surface area contributed by atoms with Crippen molar-refractivity contribution < 1.29 is 5.11 Å². The molecule has 0 radical (unpaired) electrons. The van der Waals surface area contributed by atoms with E-state index in [9.17, 15) is 5.11 Å². The maximum absolute atomic E-state index is 9.70. The van der Waals surface area contributed by atoms with Crippen LogP contribution in [0, 0.1) is 5.92 Å². The van der Waals surface area contributed by atoms with Crippen molar-refractivity contribution in [2.45, 2.75) is 46.5 Å². The van der Waals surface area contributed by atoms with Crippen molar-refractivity contribution in [2.24, 2.45) is 5.92 Å². The predicted molar refractivity (Wildman–Crippen MR) is 147 cm³/mol. The molecule has 0 atom stereocenters. The third kappa shape index (κ3) is 6.44. The molecule has 0 saturated carbocycles. The molecule has 0 aliphatic rings. The van der Waals surface area contributed by atoms with Gasteiger partial charge < -0.3 is 14.9 Å². The molecule has 180 valence electrons. The van der Waals surface area contributed by atoms with Gasteiger partial charge in [-0.2, -0.15) is 0 Å². The van der Waals surface area contributed by atoms with Gasteiger partial charge in [0, 0.05) is 44.6 Å². The minimum Gasteiger partial charge on any atom is -0.508 e. The van der Waals surface area contributed by atoms with Crippen LogP contribution in [0.15, 0.2) is 72.9 Å². The SMILES string of the molecule is C=C(Cc1cc(CC)c(CC(C)C)cc1Cc1ccc(O)cc1)N(C)c1ccc(N(C)C)cc1. The highest BCUT2D eigenvalue weighted by molar-refractivity contribution is 5.58. The minimum absolute atomic E-state index is 0.307. The first-order chi connectivity index (χ1) is 16.2. The number of benzene rings is 3. The molecule has 34 heavy (non-hydrogen) atoms. The second-order valence-electron chi connectivity index (χ2n) is 9.90. The maximum Gasteiger partial charge on any atom is 0.115 e. The van der Waals surface area contributed by atoms with Gasteiger partial charge in [0.05, 0.1) is 0 Å². The molecular formula is C31H40N2O. The largest absolute Gasteiger partial charge is 0.508 e. The van der Waals surface area contributed by atoms with Crippen molar-refractivity contribution in [1.82, 2.24) is 0 Å². The van der Waals surface area contributed by atoms with E-state index in [1.807, 2.05) is 12.1 Å². The standard InChI is InChI=1S/C31H40N2O/c1-8-25-20-27(18-23(4)33(7)30-13-11-29(12-14-30)32(5)6)28(21-26(25)17-22(2)3)19-24-9-15-31(34)16-10-24/h9-16,20-22,34H,4,8,17-19H2,1-3,5-7H3. The lowest BCUT2D eigenvalue weighted by atomic mass is 9.88. The monoisotopic (exact) mass is 456 g/mol. The number of hydrogen-bond acceptors (Lipinski definition) is 3. The third-order valence-corrected chi connectivity index (χ3v) is 6.48. The summed E-state index contributed by atoms with van der Waals surface area (Å²) in [5.41, 5.74) is 10.2. The van der Waals surface area contributed by atoms with Crippen LogP contribution in [0.5, 0.6) is 5.75 Å². The minimum atomic E-state index is 0.307. The summed E-state index contributed by atoms with van der Waals surface area (Å²) in [6.45, 7) is 11.3. The zero-order valence-electron chi connectivity index (χ0n) is 21.7. The molecule has 1 N–H and O–H groups in total. The van der Waals surface area contributed by atoms with Gasteiger partial charge in [0.25, 0.3) is 0 Å². The number of allylic oxidation sites excluding steroid dienone is 1. The Morgan fingerprint density at radius 3 is 1.97 bits per heavy atom. The summed E-state index contributed by atoms with van der Waals surface area (Å²) in [6, 6.07) is 21.0. The van der Waals surface area contributed by atoms with E-state index in [1.165, 1.54) is 33.5 Å². The van der Waals surface area contributed by atoms with E-state index in [4.69, 9.17) is 0 Å². The molecule has 3 rings (SSSR count). The lowest BCUT2D eigenvalue weighted by Crippen LogP contribution is -2.18. The van der Waals surface area contributed by atoms with Crippen molar-refractivity contribution in [2.75, 3.05) is 30.9 Å². The van der Waals surface area contributed by atoms with Crippen LogP contribution in [0.2, 0.25) is 0 Å². The van der Waals surface area contributed by atoms with Gasteiger partial charge in [0.15, 0.2) is 0 Å². The van der Waals surface area contributed by atoms with E-state index < -0.39 is 0 Å². The van der Waals surface area contributed by atoms with Gasteiger partial charge in [0.2, 0.25) is 0 Å². The molecule has 3 aromatic rings. The van der Waals surface area contributed by atoms with Gasteiger partial charge in [-0.25, -0.2) is 0 Å². The van der Waals surface area contributed by atoms with Gasteiger partial charge in [-0.3, -0.25) is 0 Å². The van der Waals surface area contributed by atoms with E-state index in [2.05, 4.69) is 94.7 Å². The van der Waals surface area contributed by atoms with Gasteiger partial charge in [-0.15, -0.1) is 0 Å². The van der Waals surface area contributed by atoms with E-state index in [-0.39, 0.29) is 0 Å². The topological polar surface area (TPSA) is 26.7 Å². The molecule has 3 nitrogen and oxygen atoms in total. The Bertz CT molecular complexity index is 1100. The Balaban J connectivity index is 1.92. The molecule has 0 unspecified atom stereocenters. The zero-order valence-corrected chi connectivity index (χ0v) is 21.7. The third-order valence-electron chi connectivity index (χ3n) is 6.48. The molecule has 0 aliphatic carbocycles. The van der Waals surface area contributed by atoms with Crippen LogP contribution in [0.4, 0.5) is 11.4 Å². The number of aryl methyl sites for hydroxylation is 1. The second kappa shape index (κ2) is 11.3. The smallest absolute Gasteiger partial charge is 0.115 e. The molecule has 3 heteroatoms. The second-order valence-corrected chi connectivity index (χ2v) is 9.90. The summed E-state index contributed by atoms with van der Waals surface area (Å²) in [6.07, 6.45) is 3.77. The summed E-state index contributed by atoms with van der Waals surface area (Å²) < 4.78 is 0. The number of anilines is 2. The van der Waals surface area contributed by atoms with Gasteiger partial charge in [-0.1, -0.05) is 51.6 Å². The highest BCUT2D eigenvalue weighted by atomic mass is 16.3. The Morgan fingerprint density at radius 2 is 1.41 bits per heavy atom. The molecule has 0 aromatic heterocycles. The van der Waals surface area contributed by atoms with Gasteiger partial charge >= 0.3 is 0 Å². The quantitative estimate of drug-likeness (QED) is 0.356.